The van der Waals surface area contributed by atoms with E-state index < -0.39 is 0 Å². The van der Waals surface area contributed by atoms with Crippen molar-refractivity contribution in [3.05, 3.63) is 0 Å². The summed E-state index contributed by atoms with van der Waals surface area (Å²) >= 11 is 0. The number of likely N-dealkylation sites (tertiary alicyclic amines) is 1. The molecule has 0 aromatic carbocycles. The second kappa shape index (κ2) is 8.12. The predicted octanol–water partition coefficient (Wildman–Crippen LogP) is 0.700. The quantitative estimate of drug-likeness (QED) is 0.424. The first-order valence-electron chi connectivity index (χ1n) is 6.81. The first kappa shape index (κ1) is 15.9. The maximum absolute atomic E-state index is 12.0. The van der Waals surface area contributed by atoms with Crippen LogP contribution in [0.25, 0.3) is 0 Å². The number of rotatable bonds is 6. The maximum atomic E-state index is 12.0. The third-order valence-electron chi connectivity index (χ3n) is 3.61. The summed E-state index contributed by atoms with van der Waals surface area (Å²) in [4.78, 5) is 14.1. The number of nitrogens with one attached hydrogen (secondary N) is 1. The molecule has 2 unspecified atom stereocenters. The molecular formula is C13H25N3O3. The van der Waals surface area contributed by atoms with Gasteiger partial charge in [-0.2, -0.15) is 0 Å². The molecule has 1 aliphatic heterocycles. The highest BCUT2D eigenvalue weighted by atomic mass is 16.5. The van der Waals surface area contributed by atoms with Gasteiger partial charge in [-0.1, -0.05) is 12.1 Å². The second-order valence-corrected chi connectivity index (χ2v) is 5.05. The zero-order valence-corrected chi connectivity index (χ0v) is 12.1. The first-order chi connectivity index (χ1) is 9.10. The van der Waals surface area contributed by atoms with E-state index in [2.05, 4.69) is 15.4 Å². The van der Waals surface area contributed by atoms with Gasteiger partial charge in [-0.25, -0.2) is 0 Å². The third kappa shape index (κ3) is 4.80. The van der Waals surface area contributed by atoms with Crippen molar-refractivity contribution >= 4 is 11.6 Å². The van der Waals surface area contributed by atoms with Crippen molar-refractivity contribution in [3.63, 3.8) is 0 Å². The zero-order valence-electron chi connectivity index (χ0n) is 12.1. The maximum Gasteiger partial charge on any atom is 0.237 e. The van der Waals surface area contributed by atoms with Gasteiger partial charge in [0.05, 0.1) is 11.8 Å². The van der Waals surface area contributed by atoms with E-state index in [1.54, 1.807) is 7.11 Å². The fourth-order valence-corrected chi connectivity index (χ4v) is 2.29. The van der Waals surface area contributed by atoms with Crippen LogP contribution in [0.5, 0.6) is 0 Å². The number of hydrogen-bond acceptors (Lipinski definition) is 5. The minimum absolute atomic E-state index is 0.0488. The standard InChI is InChI=1S/C13H25N3O3/c1-10-9-16(7-5-12(10)15-18)11(2)13(17)14-6-4-8-19-3/h10-11,18H,4-9H2,1-3H3,(H,14,17). The lowest BCUT2D eigenvalue weighted by Gasteiger charge is -2.35. The van der Waals surface area contributed by atoms with Crippen LogP contribution in [0.4, 0.5) is 0 Å². The van der Waals surface area contributed by atoms with Crippen LogP contribution in [0.3, 0.4) is 0 Å². The van der Waals surface area contributed by atoms with Crippen LogP contribution in [-0.2, 0) is 9.53 Å². The Morgan fingerprint density at radius 3 is 3.00 bits per heavy atom. The molecule has 1 fully saturated rings. The number of nitrogens with zero attached hydrogens (tertiary/aromatic N) is 2. The molecule has 0 radical (unpaired) electrons. The van der Waals surface area contributed by atoms with Crippen molar-refractivity contribution in [1.29, 1.82) is 0 Å². The Hall–Kier alpha value is -1.14. The van der Waals surface area contributed by atoms with Gasteiger partial charge in [0, 0.05) is 45.7 Å². The Morgan fingerprint density at radius 2 is 2.42 bits per heavy atom. The molecule has 1 rings (SSSR count). The molecule has 6 heteroatoms. The molecule has 0 aromatic heterocycles. The van der Waals surface area contributed by atoms with Gasteiger partial charge in [0.2, 0.25) is 5.91 Å². The topological polar surface area (TPSA) is 74.2 Å². The lowest BCUT2D eigenvalue weighted by atomic mass is 9.96. The lowest BCUT2D eigenvalue weighted by Crippen LogP contribution is -2.50. The number of amides is 1. The number of piperidine rings is 1. The molecule has 19 heavy (non-hydrogen) atoms. The van der Waals surface area contributed by atoms with Gasteiger partial charge in [-0.3, -0.25) is 9.69 Å². The number of carbonyl (C=O) groups is 1. The Morgan fingerprint density at radius 1 is 1.68 bits per heavy atom. The lowest BCUT2D eigenvalue weighted by molar-refractivity contribution is -0.126. The van der Waals surface area contributed by atoms with Crippen molar-refractivity contribution in [2.24, 2.45) is 11.1 Å². The first-order valence-corrected chi connectivity index (χ1v) is 6.81. The number of hydrogen-bond donors (Lipinski definition) is 2. The number of ether oxygens (including phenoxy) is 1. The zero-order chi connectivity index (χ0) is 14.3. The Bertz CT molecular complexity index is 320. The molecule has 1 heterocycles. The van der Waals surface area contributed by atoms with Gasteiger partial charge in [0.1, 0.15) is 0 Å². The highest BCUT2D eigenvalue weighted by Gasteiger charge is 2.28. The number of oxime groups is 1. The molecule has 0 saturated carbocycles. The highest BCUT2D eigenvalue weighted by molar-refractivity contribution is 5.87. The minimum Gasteiger partial charge on any atom is -0.411 e. The van der Waals surface area contributed by atoms with E-state index in [4.69, 9.17) is 9.94 Å². The second-order valence-electron chi connectivity index (χ2n) is 5.05. The Balaban J connectivity index is 2.36. The normalized spacial score (nSPS) is 24.4. The van der Waals surface area contributed by atoms with Crippen molar-refractivity contribution < 1.29 is 14.7 Å². The summed E-state index contributed by atoms with van der Waals surface area (Å²) in [6.45, 7) is 6.75. The molecule has 6 nitrogen and oxygen atoms in total. The smallest absolute Gasteiger partial charge is 0.237 e. The third-order valence-corrected chi connectivity index (χ3v) is 3.61. The monoisotopic (exact) mass is 271 g/mol. The Kier molecular flexibility index (Phi) is 6.80. The van der Waals surface area contributed by atoms with E-state index in [-0.39, 0.29) is 17.9 Å². The summed E-state index contributed by atoms with van der Waals surface area (Å²) in [5.41, 5.74) is 0.823. The molecule has 110 valence electrons. The van der Waals surface area contributed by atoms with Gasteiger partial charge in [-0.05, 0) is 13.3 Å². The molecule has 0 aliphatic carbocycles. The summed E-state index contributed by atoms with van der Waals surface area (Å²) in [6, 6.07) is -0.148. The van der Waals surface area contributed by atoms with E-state index in [0.29, 0.717) is 13.2 Å². The van der Waals surface area contributed by atoms with E-state index in [1.807, 2.05) is 13.8 Å². The summed E-state index contributed by atoms with van der Waals surface area (Å²) in [5.74, 6) is 0.246. The van der Waals surface area contributed by atoms with E-state index in [0.717, 1.165) is 31.6 Å². The van der Waals surface area contributed by atoms with E-state index in [1.165, 1.54) is 0 Å². The molecule has 2 N–H and O–H groups in total. The van der Waals surface area contributed by atoms with Crippen LogP contribution < -0.4 is 5.32 Å². The van der Waals surface area contributed by atoms with Crippen LogP contribution >= 0.6 is 0 Å². The van der Waals surface area contributed by atoms with Gasteiger partial charge in [0.15, 0.2) is 0 Å². The van der Waals surface area contributed by atoms with Crippen LogP contribution in [0.2, 0.25) is 0 Å². The van der Waals surface area contributed by atoms with Gasteiger partial charge in [0.25, 0.3) is 0 Å². The minimum atomic E-state index is -0.148. The average molecular weight is 271 g/mol. The predicted molar refractivity (Wildman–Crippen MR) is 73.5 cm³/mol. The van der Waals surface area contributed by atoms with Crippen LogP contribution in [0.15, 0.2) is 5.16 Å². The fraction of sp³-hybridized carbons (Fsp3) is 0.846. The van der Waals surface area contributed by atoms with Gasteiger partial charge in [-0.15, -0.1) is 0 Å². The van der Waals surface area contributed by atoms with Crippen molar-refractivity contribution in [2.45, 2.75) is 32.7 Å². The van der Waals surface area contributed by atoms with Crippen molar-refractivity contribution in [1.82, 2.24) is 10.2 Å². The molecule has 0 aromatic rings. The molecular weight excluding hydrogens is 246 g/mol. The summed E-state index contributed by atoms with van der Waals surface area (Å²) in [7, 11) is 1.65. The molecule has 1 saturated heterocycles. The molecule has 0 bridgehead atoms. The summed E-state index contributed by atoms with van der Waals surface area (Å²) in [6.07, 6.45) is 1.55. The van der Waals surface area contributed by atoms with Crippen molar-refractivity contribution in [2.75, 3.05) is 33.4 Å². The number of methoxy groups -OCH3 is 1. The van der Waals surface area contributed by atoms with Crippen LogP contribution in [0, 0.1) is 5.92 Å². The largest absolute Gasteiger partial charge is 0.411 e. The summed E-state index contributed by atoms with van der Waals surface area (Å²) in [5, 5.41) is 15.1. The van der Waals surface area contributed by atoms with E-state index >= 15 is 0 Å². The summed E-state index contributed by atoms with van der Waals surface area (Å²) < 4.78 is 4.94. The number of carbonyl (C=O) groups excluding carboxylic acids is 1. The molecule has 2 atom stereocenters. The molecule has 0 spiro atoms. The van der Waals surface area contributed by atoms with Gasteiger partial charge >= 0.3 is 0 Å². The molecule has 1 amide bonds. The molecule has 1 aliphatic rings. The fourth-order valence-electron chi connectivity index (χ4n) is 2.29. The Labute approximate surface area is 114 Å². The average Bonchev–Trinajstić information content (AvgIpc) is 2.42. The highest BCUT2D eigenvalue weighted by Crippen LogP contribution is 2.16. The van der Waals surface area contributed by atoms with Crippen LogP contribution in [-0.4, -0.2) is 61.1 Å². The van der Waals surface area contributed by atoms with Gasteiger partial charge < -0.3 is 15.3 Å². The van der Waals surface area contributed by atoms with Crippen LogP contribution in [0.1, 0.15) is 26.7 Å². The van der Waals surface area contributed by atoms with Crippen molar-refractivity contribution in [3.8, 4) is 0 Å². The SMILES string of the molecule is COCCCNC(=O)C(C)N1CCC(=NO)C(C)C1. The van der Waals surface area contributed by atoms with E-state index in [9.17, 15) is 4.79 Å².